The van der Waals surface area contributed by atoms with Crippen molar-refractivity contribution in [1.29, 1.82) is 0 Å². The summed E-state index contributed by atoms with van der Waals surface area (Å²) in [5, 5.41) is 12.7. The average Bonchev–Trinajstić information content (AvgIpc) is 2.85. The van der Waals surface area contributed by atoms with Gasteiger partial charge in [0.2, 0.25) is 5.91 Å². The molecule has 0 spiro atoms. The number of aromatic hydroxyl groups is 1. The summed E-state index contributed by atoms with van der Waals surface area (Å²) in [5.41, 5.74) is 7.26. The predicted octanol–water partition coefficient (Wildman–Crippen LogP) is 5.11. The lowest BCUT2D eigenvalue weighted by molar-refractivity contribution is -0.115. The van der Waals surface area contributed by atoms with Gasteiger partial charge in [-0.05, 0) is 73.4 Å². The lowest BCUT2D eigenvalue weighted by Gasteiger charge is -2.21. The van der Waals surface area contributed by atoms with Crippen molar-refractivity contribution in [2.75, 3.05) is 12.4 Å². The van der Waals surface area contributed by atoms with Crippen molar-refractivity contribution in [3.05, 3.63) is 89.1 Å². The molecule has 6 nitrogen and oxygen atoms in total. The van der Waals surface area contributed by atoms with Crippen LogP contribution < -0.4 is 10.1 Å². The van der Waals surface area contributed by atoms with Crippen LogP contribution in [-0.2, 0) is 24.1 Å². The van der Waals surface area contributed by atoms with Crippen LogP contribution in [0.2, 0.25) is 0 Å². The third-order valence-electron chi connectivity index (χ3n) is 6.05. The van der Waals surface area contributed by atoms with Crippen molar-refractivity contribution in [3.8, 4) is 34.0 Å². The minimum Gasteiger partial charge on any atom is -0.508 e. The Morgan fingerprint density at radius 2 is 1.74 bits per heavy atom. The quantitative estimate of drug-likeness (QED) is 0.440. The first kappa shape index (κ1) is 21.6. The van der Waals surface area contributed by atoms with Gasteiger partial charge in [0.05, 0.1) is 24.9 Å². The molecule has 0 radical (unpaired) electrons. The third-order valence-corrected chi connectivity index (χ3v) is 6.05. The highest BCUT2D eigenvalue weighted by molar-refractivity contribution is 5.95. The number of carbonyl (C=O) groups is 1. The van der Waals surface area contributed by atoms with E-state index in [1.165, 1.54) is 0 Å². The fourth-order valence-corrected chi connectivity index (χ4v) is 4.22. The number of carbonyl (C=O) groups excluding carboxylic acids is 1. The van der Waals surface area contributed by atoms with Crippen molar-refractivity contribution in [1.82, 2.24) is 9.97 Å². The predicted molar refractivity (Wildman–Crippen MR) is 132 cm³/mol. The van der Waals surface area contributed by atoms with E-state index in [0.717, 1.165) is 57.8 Å². The first-order valence-electron chi connectivity index (χ1n) is 11.2. The molecule has 0 bridgehead atoms. The second-order valence-electron chi connectivity index (χ2n) is 8.50. The fourth-order valence-electron chi connectivity index (χ4n) is 4.22. The lowest BCUT2D eigenvalue weighted by Crippen LogP contribution is -2.19. The number of phenols is 1. The zero-order valence-corrected chi connectivity index (χ0v) is 19.1. The number of anilines is 1. The number of ether oxygens (including phenoxy) is 1. The Morgan fingerprint density at radius 3 is 2.47 bits per heavy atom. The van der Waals surface area contributed by atoms with E-state index in [-0.39, 0.29) is 18.1 Å². The Labute approximate surface area is 198 Å². The van der Waals surface area contributed by atoms with Gasteiger partial charge in [0.15, 0.2) is 5.82 Å². The minimum atomic E-state index is -0.154. The van der Waals surface area contributed by atoms with Gasteiger partial charge in [-0.2, -0.15) is 0 Å². The molecular weight excluding hydrogens is 426 g/mol. The van der Waals surface area contributed by atoms with Crippen LogP contribution in [0.25, 0.3) is 22.5 Å². The molecule has 34 heavy (non-hydrogen) atoms. The minimum absolute atomic E-state index is 0.154. The van der Waals surface area contributed by atoms with E-state index >= 15 is 0 Å². The van der Waals surface area contributed by atoms with Crippen molar-refractivity contribution in [2.24, 2.45) is 0 Å². The van der Waals surface area contributed by atoms with Crippen LogP contribution in [0, 0.1) is 6.92 Å². The second-order valence-corrected chi connectivity index (χ2v) is 8.50. The summed E-state index contributed by atoms with van der Waals surface area (Å²) in [6, 6.07) is 20.6. The molecule has 0 atom stereocenters. The van der Waals surface area contributed by atoms with Gasteiger partial charge in [-0.15, -0.1) is 0 Å². The third kappa shape index (κ3) is 4.35. The van der Waals surface area contributed by atoms with E-state index in [9.17, 15) is 9.90 Å². The van der Waals surface area contributed by atoms with E-state index in [2.05, 4.69) is 5.32 Å². The van der Waals surface area contributed by atoms with Gasteiger partial charge in [-0.3, -0.25) is 4.79 Å². The second kappa shape index (κ2) is 8.98. The Kier molecular flexibility index (Phi) is 5.72. The van der Waals surface area contributed by atoms with Crippen LogP contribution in [0.5, 0.6) is 11.5 Å². The SMILES string of the molecule is COc1ccc2c(c1)CCc1nc(NC(=O)Cc3ccc(C)cc3)c(-c3ccc(O)cc3)nc1-2. The molecule has 0 fully saturated rings. The van der Waals surface area contributed by atoms with Crippen molar-refractivity contribution >= 4 is 11.7 Å². The molecule has 0 saturated heterocycles. The molecule has 1 aromatic heterocycles. The molecule has 170 valence electrons. The molecule has 1 heterocycles. The van der Waals surface area contributed by atoms with Gasteiger partial charge in [0.25, 0.3) is 0 Å². The Morgan fingerprint density at radius 1 is 0.971 bits per heavy atom. The summed E-state index contributed by atoms with van der Waals surface area (Å²) in [7, 11) is 1.66. The first-order chi connectivity index (χ1) is 16.5. The van der Waals surface area contributed by atoms with Crippen LogP contribution in [0.3, 0.4) is 0 Å². The normalized spacial score (nSPS) is 11.9. The maximum absolute atomic E-state index is 12.9. The van der Waals surface area contributed by atoms with Crippen LogP contribution in [0.4, 0.5) is 5.82 Å². The summed E-state index contributed by atoms with van der Waals surface area (Å²) in [4.78, 5) is 22.8. The number of methoxy groups -OCH3 is 1. The van der Waals surface area contributed by atoms with E-state index in [0.29, 0.717) is 11.5 Å². The molecule has 1 aliphatic rings. The Bertz CT molecular complexity index is 1360. The highest BCUT2D eigenvalue weighted by Crippen LogP contribution is 2.37. The van der Waals surface area contributed by atoms with Gasteiger partial charge in [0, 0.05) is 11.1 Å². The van der Waals surface area contributed by atoms with Gasteiger partial charge in [0.1, 0.15) is 17.2 Å². The number of rotatable bonds is 5. The number of benzene rings is 3. The highest BCUT2D eigenvalue weighted by atomic mass is 16.5. The van der Waals surface area contributed by atoms with Gasteiger partial charge in [-0.25, -0.2) is 9.97 Å². The molecule has 5 rings (SSSR count). The first-order valence-corrected chi connectivity index (χ1v) is 11.2. The smallest absolute Gasteiger partial charge is 0.230 e. The molecule has 0 aliphatic heterocycles. The monoisotopic (exact) mass is 451 g/mol. The molecule has 0 unspecified atom stereocenters. The number of nitrogens with one attached hydrogen (secondary N) is 1. The Hall–Kier alpha value is -4.19. The van der Waals surface area contributed by atoms with Crippen LogP contribution in [0.1, 0.15) is 22.4 Å². The molecule has 4 aromatic rings. The summed E-state index contributed by atoms with van der Waals surface area (Å²) in [5.74, 6) is 1.25. The number of phenolic OH excluding ortho intramolecular Hbond substituents is 1. The van der Waals surface area contributed by atoms with E-state index < -0.39 is 0 Å². The van der Waals surface area contributed by atoms with E-state index in [4.69, 9.17) is 14.7 Å². The van der Waals surface area contributed by atoms with E-state index in [1.54, 1.807) is 31.4 Å². The van der Waals surface area contributed by atoms with Crippen LogP contribution in [-0.4, -0.2) is 28.1 Å². The Balaban J connectivity index is 1.55. The summed E-state index contributed by atoms with van der Waals surface area (Å²) in [6.07, 6.45) is 1.79. The van der Waals surface area contributed by atoms with Crippen molar-refractivity contribution in [2.45, 2.75) is 26.2 Å². The number of aryl methyl sites for hydroxylation is 3. The molecule has 1 amide bonds. The number of aromatic nitrogens is 2. The standard InChI is InChI=1S/C28H25N3O3/c1-17-3-5-18(6-4-17)15-25(33)30-28-26(19-7-10-21(32)11-8-19)31-27-23-13-12-22(34-2)16-20(23)9-14-24(27)29-28/h3-8,10-13,16,32H,9,14-15H2,1-2H3,(H,29,30,33). The number of hydrogen-bond donors (Lipinski definition) is 2. The molecular formula is C28H25N3O3. The number of fused-ring (bicyclic) bond motifs is 3. The fraction of sp³-hybridized carbons (Fsp3) is 0.179. The van der Waals surface area contributed by atoms with E-state index in [1.807, 2.05) is 49.4 Å². The lowest BCUT2D eigenvalue weighted by atomic mass is 9.91. The summed E-state index contributed by atoms with van der Waals surface area (Å²) < 4.78 is 5.38. The van der Waals surface area contributed by atoms with Gasteiger partial charge < -0.3 is 15.2 Å². The molecule has 2 N–H and O–H groups in total. The molecule has 6 heteroatoms. The number of hydrogen-bond acceptors (Lipinski definition) is 5. The summed E-state index contributed by atoms with van der Waals surface area (Å²) in [6.45, 7) is 2.02. The average molecular weight is 452 g/mol. The van der Waals surface area contributed by atoms with Gasteiger partial charge in [-0.1, -0.05) is 29.8 Å². The molecule has 0 saturated carbocycles. The number of nitrogens with zero attached hydrogens (tertiary/aromatic N) is 2. The number of amides is 1. The zero-order valence-electron chi connectivity index (χ0n) is 19.1. The highest BCUT2D eigenvalue weighted by Gasteiger charge is 2.23. The topological polar surface area (TPSA) is 84.3 Å². The molecule has 3 aromatic carbocycles. The van der Waals surface area contributed by atoms with Crippen LogP contribution in [0.15, 0.2) is 66.7 Å². The maximum Gasteiger partial charge on any atom is 0.230 e. The van der Waals surface area contributed by atoms with Crippen molar-refractivity contribution in [3.63, 3.8) is 0 Å². The zero-order chi connectivity index (χ0) is 23.7. The molecule has 1 aliphatic carbocycles. The van der Waals surface area contributed by atoms with Crippen LogP contribution >= 0.6 is 0 Å². The largest absolute Gasteiger partial charge is 0.508 e. The van der Waals surface area contributed by atoms with Gasteiger partial charge >= 0.3 is 0 Å². The maximum atomic E-state index is 12.9. The van der Waals surface area contributed by atoms with Crippen molar-refractivity contribution < 1.29 is 14.6 Å². The summed E-state index contributed by atoms with van der Waals surface area (Å²) >= 11 is 0.